The molecule has 0 spiro atoms. The molecule has 0 aromatic carbocycles. The van der Waals surface area contributed by atoms with Gasteiger partial charge in [-0.15, -0.1) is 0 Å². The van der Waals surface area contributed by atoms with Crippen molar-refractivity contribution in [2.24, 2.45) is 11.8 Å². The Kier molecular flexibility index (Phi) is 5.63. The highest BCUT2D eigenvalue weighted by Crippen LogP contribution is 2.10. The lowest BCUT2D eigenvalue weighted by Crippen LogP contribution is -2.32. The van der Waals surface area contributed by atoms with E-state index in [-0.39, 0.29) is 12.5 Å². The molecule has 0 aliphatic carbocycles. The van der Waals surface area contributed by atoms with Crippen LogP contribution in [-0.2, 0) is 23.8 Å². The van der Waals surface area contributed by atoms with Crippen LogP contribution >= 0.6 is 0 Å². The van der Waals surface area contributed by atoms with Crippen molar-refractivity contribution in [3.8, 4) is 0 Å². The quantitative estimate of drug-likeness (QED) is 0.664. The Morgan fingerprint density at radius 1 is 1.19 bits per heavy atom. The minimum absolute atomic E-state index is 0.263. The molecular formula is C9H18O6S. The summed E-state index contributed by atoms with van der Waals surface area (Å²) in [5, 5.41) is 8.31. The summed E-state index contributed by atoms with van der Waals surface area (Å²) in [6.07, 6.45) is 1.05. The second kappa shape index (κ2) is 6.51. The first-order chi connectivity index (χ1) is 7.51. The fourth-order valence-electron chi connectivity index (χ4n) is 0.990. The zero-order chi connectivity index (χ0) is 12.0. The highest BCUT2D eigenvalue weighted by Gasteiger charge is 2.20. The molecule has 0 atom stereocenters. The fraction of sp³-hybridized carbons (Fsp3) is 1.00. The zero-order valence-corrected chi connectivity index (χ0v) is 10.1. The van der Waals surface area contributed by atoms with E-state index in [4.69, 9.17) is 14.6 Å². The van der Waals surface area contributed by atoms with E-state index < -0.39 is 10.1 Å². The van der Waals surface area contributed by atoms with Crippen LogP contribution in [0.5, 0.6) is 0 Å². The standard InChI is InChI=1S/C5H10O4S.C4H8O2/c1-10(6,7)9-4-5-2-8-3-5;5-1-4-2-6-3-4/h5H,2-4H2,1H3;4-5H,1-3H2. The Labute approximate surface area is 95.6 Å². The summed E-state index contributed by atoms with van der Waals surface area (Å²) < 4.78 is 34.9. The molecule has 2 heterocycles. The van der Waals surface area contributed by atoms with E-state index in [1.807, 2.05) is 0 Å². The van der Waals surface area contributed by atoms with Crippen molar-refractivity contribution in [2.45, 2.75) is 0 Å². The first-order valence-corrected chi connectivity index (χ1v) is 6.93. The molecule has 0 radical (unpaired) electrons. The smallest absolute Gasteiger partial charge is 0.264 e. The van der Waals surface area contributed by atoms with Gasteiger partial charge in [0.15, 0.2) is 0 Å². The summed E-state index contributed by atoms with van der Waals surface area (Å²) >= 11 is 0. The molecule has 16 heavy (non-hydrogen) atoms. The van der Waals surface area contributed by atoms with Crippen molar-refractivity contribution < 1.29 is 27.2 Å². The maximum atomic E-state index is 10.4. The highest BCUT2D eigenvalue weighted by atomic mass is 32.2. The zero-order valence-electron chi connectivity index (χ0n) is 9.29. The molecular weight excluding hydrogens is 236 g/mol. The van der Waals surface area contributed by atoms with Gasteiger partial charge in [0.1, 0.15) is 0 Å². The Morgan fingerprint density at radius 2 is 1.69 bits per heavy atom. The van der Waals surface area contributed by atoms with Gasteiger partial charge < -0.3 is 14.6 Å². The first-order valence-electron chi connectivity index (χ1n) is 5.12. The van der Waals surface area contributed by atoms with E-state index in [0.717, 1.165) is 19.5 Å². The number of hydrogen-bond donors (Lipinski definition) is 1. The van der Waals surface area contributed by atoms with Crippen molar-refractivity contribution >= 4 is 10.1 Å². The second-order valence-electron chi connectivity index (χ2n) is 3.98. The number of hydrogen-bond acceptors (Lipinski definition) is 6. The summed E-state index contributed by atoms with van der Waals surface area (Å²) in [6.45, 7) is 3.32. The van der Waals surface area contributed by atoms with E-state index in [2.05, 4.69) is 4.18 Å². The Hall–Kier alpha value is -0.210. The highest BCUT2D eigenvalue weighted by molar-refractivity contribution is 7.85. The summed E-state index contributed by atoms with van der Waals surface area (Å²) in [7, 11) is -3.25. The third-order valence-electron chi connectivity index (χ3n) is 2.19. The van der Waals surface area contributed by atoms with Gasteiger partial charge in [0.05, 0.1) is 45.9 Å². The van der Waals surface area contributed by atoms with Crippen LogP contribution in [0.1, 0.15) is 0 Å². The predicted molar refractivity (Wildman–Crippen MR) is 56.5 cm³/mol. The third-order valence-corrected chi connectivity index (χ3v) is 2.75. The lowest BCUT2D eigenvalue weighted by Gasteiger charge is -2.24. The summed E-state index contributed by atoms with van der Waals surface area (Å²) in [4.78, 5) is 0. The Morgan fingerprint density at radius 3 is 1.88 bits per heavy atom. The van der Waals surface area contributed by atoms with Gasteiger partial charge in [-0.1, -0.05) is 0 Å². The van der Waals surface area contributed by atoms with Gasteiger partial charge in [0.25, 0.3) is 10.1 Å². The first kappa shape index (κ1) is 13.9. The number of aliphatic hydroxyl groups excluding tert-OH is 1. The van der Waals surface area contributed by atoms with Crippen molar-refractivity contribution in [3.05, 3.63) is 0 Å². The van der Waals surface area contributed by atoms with Crippen molar-refractivity contribution in [1.29, 1.82) is 0 Å². The normalized spacial score (nSPS) is 21.6. The van der Waals surface area contributed by atoms with E-state index in [9.17, 15) is 8.42 Å². The van der Waals surface area contributed by atoms with Gasteiger partial charge >= 0.3 is 0 Å². The largest absolute Gasteiger partial charge is 0.396 e. The van der Waals surface area contributed by atoms with Gasteiger partial charge in [-0.3, -0.25) is 4.18 Å². The van der Waals surface area contributed by atoms with Crippen LogP contribution in [0.2, 0.25) is 0 Å². The van der Waals surface area contributed by atoms with Gasteiger partial charge in [-0.05, 0) is 0 Å². The predicted octanol–water partition coefficient (Wildman–Crippen LogP) is -0.766. The SMILES string of the molecule is CS(=O)(=O)OCC1COC1.OCC1COC1. The molecule has 2 aliphatic heterocycles. The van der Waals surface area contributed by atoms with Crippen LogP contribution in [0.3, 0.4) is 0 Å². The van der Waals surface area contributed by atoms with Crippen LogP contribution in [0, 0.1) is 11.8 Å². The van der Waals surface area contributed by atoms with Crippen LogP contribution in [0.4, 0.5) is 0 Å². The molecule has 0 bridgehead atoms. The maximum absolute atomic E-state index is 10.4. The van der Waals surface area contributed by atoms with Gasteiger partial charge in [0, 0.05) is 11.8 Å². The lowest BCUT2D eigenvalue weighted by atomic mass is 10.1. The average Bonchev–Trinajstić information content (AvgIpc) is 1.97. The molecule has 96 valence electrons. The fourth-order valence-corrected chi connectivity index (χ4v) is 1.43. The number of ether oxygens (including phenoxy) is 2. The molecule has 1 N–H and O–H groups in total. The number of aliphatic hydroxyl groups is 1. The third kappa shape index (κ3) is 5.76. The molecule has 0 aromatic heterocycles. The second-order valence-corrected chi connectivity index (χ2v) is 5.62. The molecule has 0 unspecified atom stereocenters. The molecule has 2 fully saturated rings. The van der Waals surface area contributed by atoms with Gasteiger partial charge in [-0.2, -0.15) is 8.42 Å². The molecule has 0 amide bonds. The molecule has 2 aliphatic rings. The molecule has 2 rings (SSSR count). The summed E-state index contributed by atoms with van der Waals surface area (Å²) in [5.74, 6) is 0.722. The Balaban J connectivity index is 0.000000181. The molecule has 0 aromatic rings. The van der Waals surface area contributed by atoms with E-state index in [0.29, 0.717) is 25.7 Å². The van der Waals surface area contributed by atoms with Crippen LogP contribution < -0.4 is 0 Å². The monoisotopic (exact) mass is 254 g/mol. The van der Waals surface area contributed by atoms with E-state index in [1.54, 1.807) is 0 Å². The Bertz CT molecular complexity index is 278. The van der Waals surface area contributed by atoms with Crippen molar-refractivity contribution in [1.82, 2.24) is 0 Å². The molecule has 2 saturated heterocycles. The minimum atomic E-state index is -3.25. The lowest BCUT2D eigenvalue weighted by molar-refractivity contribution is -0.0554. The average molecular weight is 254 g/mol. The number of rotatable bonds is 4. The molecule has 7 heteroatoms. The summed E-state index contributed by atoms with van der Waals surface area (Å²) in [6, 6.07) is 0. The minimum Gasteiger partial charge on any atom is -0.396 e. The molecule has 0 saturated carbocycles. The van der Waals surface area contributed by atoms with E-state index in [1.165, 1.54) is 0 Å². The van der Waals surface area contributed by atoms with E-state index >= 15 is 0 Å². The van der Waals surface area contributed by atoms with Crippen LogP contribution in [0.25, 0.3) is 0 Å². The molecule has 6 nitrogen and oxygen atoms in total. The van der Waals surface area contributed by atoms with Crippen LogP contribution in [0.15, 0.2) is 0 Å². The van der Waals surface area contributed by atoms with Crippen molar-refractivity contribution in [2.75, 3.05) is 45.9 Å². The summed E-state index contributed by atoms with van der Waals surface area (Å²) in [5.41, 5.74) is 0. The van der Waals surface area contributed by atoms with Gasteiger partial charge in [0.2, 0.25) is 0 Å². The van der Waals surface area contributed by atoms with Gasteiger partial charge in [-0.25, -0.2) is 0 Å². The van der Waals surface area contributed by atoms with Crippen LogP contribution in [-0.4, -0.2) is 59.4 Å². The topological polar surface area (TPSA) is 82.1 Å². The maximum Gasteiger partial charge on any atom is 0.264 e. The van der Waals surface area contributed by atoms with Crippen molar-refractivity contribution in [3.63, 3.8) is 0 Å².